The first kappa shape index (κ1) is 49.9. The smallest absolute Gasteiger partial charge is 0.392 e. The van der Waals surface area contributed by atoms with Crippen LogP contribution in [0, 0.1) is 17.3 Å². The summed E-state index contributed by atoms with van der Waals surface area (Å²) >= 11 is 1.01. The first-order chi connectivity index (χ1) is 27.8. The number of aliphatic hydroxyl groups is 3. The maximum atomic E-state index is 12.7. The molecule has 1 aliphatic carbocycles. The number of nitrogens with one attached hydrogen (secondary N) is 2. The van der Waals surface area contributed by atoms with Crippen LogP contribution in [0.25, 0.3) is 11.2 Å². The van der Waals surface area contributed by atoms with Crippen LogP contribution in [0.2, 0.25) is 0 Å². The second-order valence-corrected chi connectivity index (χ2v) is 20.1. The molecule has 29 heteroatoms. The molecule has 0 radical (unpaired) electrons. The number of nitrogens with two attached hydrogens (primary N) is 1. The molecule has 0 spiro atoms. The molecule has 60 heavy (non-hydrogen) atoms. The van der Waals surface area contributed by atoms with E-state index in [0.29, 0.717) is 12.8 Å². The third-order valence-corrected chi connectivity index (χ3v) is 13.7. The highest BCUT2D eigenvalue weighted by Crippen LogP contribution is 2.61. The van der Waals surface area contributed by atoms with Crippen molar-refractivity contribution in [3.63, 3.8) is 0 Å². The highest BCUT2D eigenvalue weighted by Gasteiger charge is 2.50. The summed E-state index contributed by atoms with van der Waals surface area (Å²) in [4.78, 5) is 88.5. The van der Waals surface area contributed by atoms with Gasteiger partial charge in [0.05, 0.1) is 31.6 Å². The lowest BCUT2D eigenvalue weighted by Gasteiger charge is -2.32. The van der Waals surface area contributed by atoms with Crippen molar-refractivity contribution in [1.82, 2.24) is 30.2 Å². The Morgan fingerprint density at radius 3 is 2.40 bits per heavy atom. The van der Waals surface area contributed by atoms with Crippen LogP contribution >= 0.6 is 35.2 Å². The molecule has 1 aliphatic heterocycles. The SMILES string of the molecule is C=C(C)C1CCC(C(=O)SCCNC(=O)CCNC(=O)C(O)C(C)(C)COP(=O)(O)OP(=O)(O)OC[C@H]2O[C@@H](n3cnc4c(N)ncnc43)[C@H](O)[C@@H]2OP(=O)(O)O)C(O)C1. The molecule has 0 aromatic carbocycles. The lowest BCUT2D eigenvalue weighted by molar-refractivity contribution is -0.137. The van der Waals surface area contributed by atoms with Gasteiger partial charge in [-0.2, -0.15) is 4.31 Å². The van der Waals surface area contributed by atoms with Gasteiger partial charge in [0.25, 0.3) is 0 Å². The summed E-state index contributed by atoms with van der Waals surface area (Å²) in [5.41, 5.74) is 5.21. The Balaban J connectivity index is 1.20. The number of nitrogens with zero attached hydrogens (tertiary/aromatic N) is 4. The molecule has 11 N–H and O–H groups in total. The van der Waals surface area contributed by atoms with Crippen LogP contribution in [0.15, 0.2) is 24.8 Å². The number of amides is 2. The van der Waals surface area contributed by atoms with Crippen LogP contribution in [-0.2, 0) is 50.7 Å². The second-order valence-electron chi connectivity index (χ2n) is 14.8. The van der Waals surface area contributed by atoms with Gasteiger partial charge in [0.15, 0.2) is 22.8 Å². The molecule has 2 aromatic rings. The van der Waals surface area contributed by atoms with Crippen molar-refractivity contribution in [2.75, 3.05) is 37.8 Å². The Bertz CT molecular complexity index is 2020. The molecule has 6 unspecified atom stereocenters. The van der Waals surface area contributed by atoms with Crippen molar-refractivity contribution in [1.29, 1.82) is 0 Å². The number of fused-ring (bicyclic) bond motifs is 1. The number of nitrogen functional groups attached to an aromatic ring is 1. The standard InChI is InChI=1S/C31H50N7O18P3S/c1-16(2)17-5-6-18(19(39)11-17)30(44)60-10-9-33-21(40)7-8-34-28(43)25(42)31(3,4)13-53-59(50,51)56-58(48,49)52-12-20-24(55-57(45,46)47)23(41)29(54-20)38-15-37-22-26(32)35-14-36-27(22)38/h14-15,17-20,23-25,29,39,41-42H,1,5-13H2,2-4H3,(H,33,40)(H,34,43)(H,48,49)(H,50,51)(H2,32,35,36)(H2,45,46,47)/t17?,18?,19?,20-,23-,24-,25?,29-/m1/s1. The fourth-order valence-electron chi connectivity index (χ4n) is 6.26. The van der Waals surface area contributed by atoms with E-state index in [1.807, 2.05) is 6.92 Å². The van der Waals surface area contributed by atoms with E-state index in [9.17, 15) is 63.0 Å². The number of imidazole rings is 1. The number of hydrogen-bond acceptors (Lipinski definition) is 19. The minimum Gasteiger partial charge on any atom is -0.392 e. The summed E-state index contributed by atoms with van der Waals surface area (Å²) in [6.07, 6.45) is -5.96. The van der Waals surface area contributed by atoms with Crippen molar-refractivity contribution in [2.45, 2.75) is 83.2 Å². The molecule has 0 bridgehead atoms. The molecule has 1 saturated heterocycles. The summed E-state index contributed by atoms with van der Waals surface area (Å²) in [6.45, 7) is 6.18. The van der Waals surface area contributed by atoms with Crippen LogP contribution < -0.4 is 16.4 Å². The summed E-state index contributed by atoms with van der Waals surface area (Å²) in [5, 5.41) is 36.7. The van der Waals surface area contributed by atoms with Crippen molar-refractivity contribution in [2.24, 2.45) is 17.3 Å². The number of allylic oxidation sites excluding steroid dienone is 1. The Labute approximate surface area is 347 Å². The van der Waals surface area contributed by atoms with Gasteiger partial charge in [-0.15, -0.1) is 0 Å². The highest BCUT2D eigenvalue weighted by atomic mass is 32.2. The zero-order valence-corrected chi connectivity index (χ0v) is 36.1. The highest BCUT2D eigenvalue weighted by molar-refractivity contribution is 8.13. The fraction of sp³-hybridized carbons (Fsp3) is 0.677. The molecule has 3 heterocycles. The van der Waals surface area contributed by atoms with Crippen LogP contribution in [-0.4, -0.2) is 134 Å². The van der Waals surface area contributed by atoms with Crippen molar-refractivity contribution in [3.8, 4) is 0 Å². The number of thioether (sulfide) groups is 1. The number of aromatic nitrogens is 4. The normalized spacial score (nSPS) is 26.2. The largest absolute Gasteiger partial charge is 0.481 e. The zero-order chi connectivity index (χ0) is 44.8. The number of phosphoric ester groups is 3. The maximum absolute atomic E-state index is 12.7. The molecule has 338 valence electrons. The Hall–Kier alpha value is -2.74. The molecule has 2 amide bonds. The molecular weight excluding hydrogens is 883 g/mol. The van der Waals surface area contributed by atoms with E-state index in [2.05, 4.69) is 41.0 Å². The first-order valence-corrected chi connectivity index (χ1v) is 23.7. The molecular formula is C31H50N7O18P3S. The lowest BCUT2D eigenvalue weighted by atomic mass is 9.78. The number of rotatable bonds is 21. The van der Waals surface area contributed by atoms with Gasteiger partial charge in [0, 0.05) is 30.7 Å². The van der Waals surface area contributed by atoms with E-state index in [1.54, 1.807) is 0 Å². The Morgan fingerprint density at radius 2 is 1.75 bits per heavy atom. The molecule has 4 rings (SSSR count). The van der Waals surface area contributed by atoms with Crippen molar-refractivity contribution < 1.29 is 85.6 Å². The number of ether oxygens (including phenoxy) is 1. The van der Waals surface area contributed by atoms with Crippen LogP contribution in [0.4, 0.5) is 5.82 Å². The minimum atomic E-state index is -5.58. The predicted molar refractivity (Wildman–Crippen MR) is 209 cm³/mol. The topological polar surface area (TPSA) is 384 Å². The van der Waals surface area contributed by atoms with Gasteiger partial charge >= 0.3 is 23.5 Å². The fourth-order valence-corrected chi connectivity index (χ4v) is 9.98. The van der Waals surface area contributed by atoms with E-state index in [4.69, 9.17) is 19.5 Å². The number of hydrogen-bond donors (Lipinski definition) is 10. The average molecular weight is 934 g/mol. The van der Waals surface area contributed by atoms with Gasteiger partial charge in [-0.25, -0.2) is 28.6 Å². The van der Waals surface area contributed by atoms with Crippen LogP contribution in [0.5, 0.6) is 0 Å². The molecule has 2 aromatic heterocycles. The van der Waals surface area contributed by atoms with Gasteiger partial charge < -0.3 is 56.0 Å². The molecule has 25 nitrogen and oxygen atoms in total. The third-order valence-electron chi connectivity index (χ3n) is 9.56. The number of carbonyl (C=O) groups is 3. The molecule has 2 fully saturated rings. The molecule has 10 atom stereocenters. The van der Waals surface area contributed by atoms with E-state index >= 15 is 0 Å². The van der Waals surface area contributed by atoms with Gasteiger partial charge in [-0.05, 0) is 32.1 Å². The lowest BCUT2D eigenvalue weighted by Crippen LogP contribution is -2.46. The van der Waals surface area contributed by atoms with Crippen molar-refractivity contribution >= 4 is 69.1 Å². The number of anilines is 1. The van der Waals surface area contributed by atoms with Gasteiger partial charge in [0.2, 0.25) is 11.8 Å². The van der Waals surface area contributed by atoms with Gasteiger partial charge in [0.1, 0.15) is 36.3 Å². The van der Waals surface area contributed by atoms with Gasteiger partial charge in [-0.1, -0.05) is 37.8 Å². The Kier molecular flexibility index (Phi) is 17.2. The summed E-state index contributed by atoms with van der Waals surface area (Å²) in [5.74, 6) is -1.56. The third kappa shape index (κ3) is 13.9. The number of phosphoric acid groups is 3. The van der Waals surface area contributed by atoms with Crippen molar-refractivity contribution in [3.05, 3.63) is 24.8 Å². The molecule has 2 aliphatic rings. The summed E-state index contributed by atoms with van der Waals surface area (Å²) < 4.78 is 62.2. The predicted octanol–water partition coefficient (Wildman–Crippen LogP) is 0.0180. The van der Waals surface area contributed by atoms with E-state index in [-0.39, 0.29) is 53.3 Å². The van der Waals surface area contributed by atoms with E-state index in [1.165, 1.54) is 13.8 Å². The maximum Gasteiger partial charge on any atom is 0.481 e. The quantitative estimate of drug-likeness (QED) is 0.0448. The summed E-state index contributed by atoms with van der Waals surface area (Å²) in [7, 11) is -16.4. The number of carbonyl (C=O) groups excluding carboxylic acids is 3. The second kappa shape index (κ2) is 20.6. The average Bonchev–Trinajstić information content (AvgIpc) is 3.71. The minimum absolute atomic E-state index is 0.0259. The zero-order valence-electron chi connectivity index (χ0n) is 32.6. The monoisotopic (exact) mass is 933 g/mol. The summed E-state index contributed by atoms with van der Waals surface area (Å²) in [6, 6.07) is 0. The van der Waals surface area contributed by atoms with E-state index in [0.717, 1.165) is 41.0 Å². The first-order valence-electron chi connectivity index (χ1n) is 18.2. The van der Waals surface area contributed by atoms with Gasteiger partial charge in [-0.3, -0.25) is 32.5 Å². The van der Waals surface area contributed by atoms with Crippen LogP contribution in [0.1, 0.15) is 52.7 Å². The molecule has 1 saturated carbocycles. The Morgan fingerprint density at radius 1 is 1.07 bits per heavy atom. The van der Waals surface area contributed by atoms with Crippen LogP contribution in [0.3, 0.4) is 0 Å². The van der Waals surface area contributed by atoms with E-state index < -0.39 is 96.6 Å². The number of aliphatic hydroxyl groups excluding tert-OH is 3.